The molecule has 0 bridgehead atoms. The van der Waals surface area contributed by atoms with Crippen LogP contribution >= 0.6 is 0 Å². The molecule has 0 unspecified atom stereocenters. The lowest BCUT2D eigenvalue weighted by Gasteiger charge is -2.27. The summed E-state index contributed by atoms with van der Waals surface area (Å²) in [6.07, 6.45) is 0.467. The van der Waals surface area contributed by atoms with Gasteiger partial charge in [0.05, 0.1) is 22.5 Å². The van der Waals surface area contributed by atoms with E-state index in [-0.39, 0.29) is 17.6 Å². The number of carbonyl (C=O) groups is 1. The Balaban J connectivity index is 1.41. The molecule has 1 aliphatic rings. The predicted octanol–water partition coefficient (Wildman–Crippen LogP) is 4.44. The number of nitrogens with zero attached hydrogens (tertiary/aromatic N) is 3. The number of anilines is 1. The topological polar surface area (TPSA) is 84.0 Å². The Hall–Kier alpha value is -4.01. The summed E-state index contributed by atoms with van der Waals surface area (Å²) in [6.45, 7) is 4.61. The summed E-state index contributed by atoms with van der Waals surface area (Å²) in [5, 5.41) is 14.7. The number of piperazine rings is 1. The smallest absolute Gasteiger partial charge is 0.228 e. The molecular weight excluding hydrogens is 469 g/mol. The maximum atomic E-state index is 13.8. The minimum atomic E-state index is -0.388. The van der Waals surface area contributed by atoms with Crippen LogP contribution in [0.2, 0.25) is 0 Å². The maximum absolute atomic E-state index is 13.8. The highest BCUT2D eigenvalue weighted by Crippen LogP contribution is 2.32. The van der Waals surface area contributed by atoms with Crippen molar-refractivity contribution in [1.29, 1.82) is 0 Å². The standard InChI is InChI=1S/C29H30FN5O2/c1-34(26(36)13-16-35-17-14-31-15-18-35)23-10-8-22(9-11-23)32-28(20-5-3-2-4-6-20)27-24-12-7-21(30)19-25(24)33-29(27)37/h2-12,19,31,33,37H,13-18H2,1H3. The Labute approximate surface area is 215 Å². The zero-order valence-electron chi connectivity index (χ0n) is 20.7. The summed E-state index contributed by atoms with van der Waals surface area (Å²) >= 11 is 0. The van der Waals surface area contributed by atoms with Crippen molar-refractivity contribution in [2.24, 2.45) is 4.99 Å². The van der Waals surface area contributed by atoms with Crippen LogP contribution in [0.3, 0.4) is 0 Å². The molecule has 3 aromatic carbocycles. The van der Waals surface area contributed by atoms with Gasteiger partial charge >= 0.3 is 0 Å². The van der Waals surface area contributed by atoms with Crippen molar-refractivity contribution in [3.05, 3.63) is 89.7 Å². The zero-order valence-corrected chi connectivity index (χ0v) is 20.7. The first-order valence-corrected chi connectivity index (χ1v) is 12.4. The number of aliphatic imine (C=N–C) groups is 1. The molecule has 1 amide bonds. The van der Waals surface area contributed by atoms with Crippen molar-refractivity contribution in [2.45, 2.75) is 6.42 Å². The van der Waals surface area contributed by atoms with E-state index in [1.54, 1.807) is 18.0 Å². The summed E-state index contributed by atoms with van der Waals surface area (Å²) in [5.74, 6) is -0.397. The number of aromatic amines is 1. The average Bonchev–Trinajstić information content (AvgIpc) is 3.25. The first-order valence-electron chi connectivity index (χ1n) is 12.4. The highest BCUT2D eigenvalue weighted by Gasteiger charge is 2.19. The summed E-state index contributed by atoms with van der Waals surface area (Å²) in [4.78, 5) is 24.5. The molecule has 190 valence electrons. The summed E-state index contributed by atoms with van der Waals surface area (Å²) in [5.41, 5.74) is 3.82. The van der Waals surface area contributed by atoms with Gasteiger partial charge in [-0.25, -0.2) is 9.38 Å². The number of aromatic hydroxyl groups is 1. The van der Waals surface area contributed by atoms with Gasteiger partial charge in [-0.15, -0.1) is 0 Å². The molecule has 3 N–H and O–H groups in total. The molecule has 0 radical (unpaired) electrons. The number of H-pyrrole nitrogens is 1. The molecule has 1 fully saturated rings. The number of benzene rings is 3. The Kier molecular flexibility index (Phi) is 7.30. The molecule has 0 aliphatic carbocycles. The van der Waals surface area contributed by atoms with E-state index in [1.165, 1.54) is 12.1 Å². The molecule has 0 atom stereocenters. The molecular formula is C29H30FN5O2. The van der Waals surface area contributed by atoms with Crippen molar-refractivity contribution in [3.8, 4) is 5.88 Å². The molecule has 7 nitrogen and oxygen atoms in total. The van der Waals surface area contributed by atoms with E-state index >= 15 is 0 Å². The minimum Gasteiger partial charge on any atom is -0.494 e. The number of aromatic nitrogens is 1. The lowest BCUT2D eigenvalue weighted by Crippen LogP contribution is -2.44. The molecule has 8 heteroatoms. The monoisotopic (exact) mass is 499 g/mol. The van der Waals surface area contributed by atoms with Gasteiger partial charge < -0.3 is 25.2 Å². The van der Waals surface area contributed by atoms with E-state index in [0.29, 0.717) is 34.3 Å². The van der Waals surface area contributed by atoms with Crippen LogP contribution in [-0.4, -0.2) is 66.4 Å². The summed E-state index contributed by atoms with van der Waals surface area (Å²) < 4.78 is 13.8. The van der Waals surface area contributed by atoms with Crippen molar-refractivity contribution in [2.75, 3.05) is 44.7 Å². The average molecular weight is 500 g/mol. The largest absolute Gasteiger partial charge is 0.494 e. The van der Waals surface area contributed by atoms with Crippen LogP contribution in [0.25, 0.3) is 10.9 Å². The number of fused-ring (bicyclic) bond motifs is 1. The number of carbonyl (C=O) groups excluding carboxylic acids is 1. The third kappa shape index (κ3) is 5.55. The fourth-order valence-electron chi connectivity index (χ4n) is 4.64. The van der Waals surface area contributed by atoms with Crippen LogP contribution in [0.4, 0.5) is 15.8 Å². The van der Waals surface area contributed by atoms with Gasteiger partial charge in [0.25, 0.3) is 0 Å². The zero-order chi connectivity index (χ0) is 25.8. The molecule has 2 heterocycles. The number of hydrogen-bond donors (Lipinski definition) is 3. The number of nitrogens with one attached hydrogen (secondary N) is 2. The van der Waals surface area contributed by atoms with Crippen molar-refractivity contribution >= 4 is 33.9 Å². The molecule has 1 aromatic heterocycles. The van der Waals surface area contributed by atoms with E-state index < -0.39 is 0 Å². The van der Waals surface area contributed by atoms with Crippen LogP contribution in [0.15, 0.2) is 77.8 Å². The first kappa shape index (κ1) is 24.7. The van der Waals surface area contributed by atoms with Crippen molar-refractivity contribution in [3.63, 3.8) is 0 Å². The SMILES string of the molecule is CN(C(=O)CCN1CCNCC1)c1ccc(N=C(c2ccccc2)c2c(O)[nH]c3cc(F)ccc23)cc1. The third-order valence-electron chi connectivity index (χ3n) is 6.73. The lowest BCUT2D eigenvalue weighted by molar-refractivity contribution is -0.118. The second-order valence-electron chi connectivity index (χ2n) is 9.18. The highest BCUT2D eigenvalue weighted by molar-refractivity contribution is 6.21. The Morgan fingerprint density at radius 2 is 1.78 bits per heavy atom. The van der Waals surface area contributed by atoms with Crippen molar-refractivity contribution in [1.82, 2.24) is 15.2 Å². The minimum absolute atomic E-state index is 0.0655. The summed E-state index contributed by atoms with van der Waals surface area (Å²) in [7, 11) is 1.79. The molecule has 0 saturated carbocycles. The Bertz CT molecular complexity index is 1410. The number of hydrogen-bond acceptors (Lipinski definition) is 5. The Morgan fingerprint density at radius 3 is 2.51 bits per heavy atom. The maximum Gasteiger partial charge on any atom is 0.228 e. The molecule has 4 aromatic rings. The first-order chi connectivity index (χ1) is 18.0. The Morgan fingerprint density at radius 1 is 1.05 bits per heavy atom. The second kappa shape index (κ2) is 10.9. The number of rotatable bonds is 7. The predicted molar refractivity (Wildman–Crippen MR) is 145 cm³/mol. The quantitative estimate of drug-likeness (QED) is 0.328. The van der Waals surface area contributed by atoms with Crippen LogP contribution in [0.5, 0.6) is 5.88 Å². The van der Waals surface area contributed by atoms with Gasteiger partial charge in [-0.1, -0.05) is 30.3 Å². The summed E-state index contributed by atoms with van der Waals surface area (Å²) in [6, 6.07) is 21.3. The lowest BCUT2D eigenvalue weighted by atomic mass is 10.0. The van der Waals surface area contributed by atoms with Gasteiger partial charge in [0.1, 0.15) is 5.82 Å². The fourth-order valence-corrected chi connectivity index (χ4v) is 4.64. The van der Waals surface area contributed by atoms with E-state index in [4.69, 9.17) is 4.99 Å². The van der Waals surface area contributed by atoms with Crippen LogP contribution in [0.1, 0.15) is 17.5 Å². The van der Waals surface area contributed by atoms with E-state index in [0.717, 1.165) is 44.0 Å². The number of amides is 1. The van der Waals surface area contributed by atoms with Gasteiger partial charge in [-0.05, 0) is 42.5 Å². The molecule has 5 rings (SSSR count). The molecule has 1 saturated heterocycles. The second-order valence-corrected chi connectivity index (χ2v) is 9.18. The molecule has 1 aliphatic heterocycles. The third-order valence-corrected chi connectivity index (χ3v) is 6.73. The van der Waals surface area contributed by atoms with Gasteiger partial charge in [-0.3, -0.25) is 4.79 Å². The highest BCUT2D eigenvalue weighted by atomic mass is 19.1. The van der Waals surface area contributed by atoms with Crippen LogP contribution in [-0.2, 0) is 4.79 Å². The van der Waals surface area contributed by atoms with Gasteiger partial charge in [0.2, 0.25) is 5.91 Å². The number of halogens is 1. The molecule has 0 spiro atoms. The molecule has 37 heavy (non-hydrogen) atoms. The van der Waals surface area contributed by atoms with Crippen molar-refractivity contribution < 1.29 is 14.3 Å². The van der Waals surface area contributed by atoms with Crippen LogP contribution < -0.4 is 10.2 Å². The van der Waals surface area contributed by atoms with Gasteiger partial charge in [0.15, 0.2) is 5.88 Å². The van der Waals surface area contributed by atoms with E-state index in [2.05, 4.69) is 15.2 Å². The van der Waals surface area contributed by atoms with E-state index in [9.17, 15) is 14.3 Å². The van der Waals surface area contributed by atoms with Gasteiger partial charge in [-0.2, -0.15) is 0 Å². The van der Waals surface area contributed by atoms with E-state index in [1.807, 2.05) is 54.6 Å². The normalized spacial score (nSPS) is 14.7. The van der Waals surface area contributed by atoms with Crippen LogP contribution in [0, 0.1) is 5.82 Å². The van der Waals surface area contributed by atoms with Gasteiger partial charge in [0, 0.05) is 62.8 Å². The fraction of sp³-hybridized carbons (Fsp3) is 0.241.